The van der Waals surface area contributed by atoms with Crippen LogP contribution in [-0.4, -0.2) is 34.2 Å². The Morgan fingerprint density at radius 3 is 2.33 bits per heavy atom. The van der Waals surface area contributed by atoms with E-state index >= 15 is 4.39 Å². The molecule has 3 aromatic carbocycles. The number of ether oxygens (including phenoxy) is 1. The number of carbonyl (C=O) groups is 2. The molecule has 0 aliphatic heterocycles. The molecule has 0 radical (unpaired) electrons. The number of aliphatic carboxylic acids is 1. The first kappa shape index (κ1) is 26.9. The van der Waals surface area contributed by atoms with E-state index in [-0.39, 0.29) is 30.1 Å². The van der Waals surface area contributed by atoms with E-state index in [4.69, 9.17) is 4.74 Å². The third-order valence-electron chi connectivity index (χ3n) is 7.72. The number of carboxylic acid groups (broad SMARTS) is 1. The number of rotatable bonds is 8. The lowest BCUT2D eigenvalue weighted by Gasteiger charge is -2.20. The Morgan fingerprint density at radius 2 is 1.74 bits per heavy atom. The van der Waals surface area contributed by atoms with Crippen LogP contribution in [0.5, 0.6) is 5.75 Å². The van der Waals surface area contributed by atoms with E-state index in [1.165, 1.54) is 6.07 Å². The van der Waals surface area contributed by atoms with Crippen LogP contribution in [0.15, 0.2) is 48.5 Å². The van der Waals surface area contributed by atoms with Crippen molar-refractivity contribution >= 4 is 11.9 Å². The molecule has 0 spiro atoms. The molecule has 204 valence electrons. The summed E-state index contributed by atoms with van der Waals surface area (Å²) in [6.07, 6.45) is 1.54. The highest BCUT2D eigenvalue weighted by Gasteiger charge is 2.44. The standard InChI is InChI=1S/C32H34FNO5/c1-17-13-20(30(35)34-16-32(3,4)38)14-18(2)28(17)22-9-11-26(33)29-23(22)10-12-27(29)39-21-7-5-19(6-8-21)24-15-25(24)31(36)37/h5-9,11,13-14,24-25,27,38H,10,12,15-16H2,1-4H3,(H,34,35)(H,36,37)/t24-,25+,27?/m1/s1. The first-order valence-electron chi connectivity index (χ1n) is 13.4. The van der Waals surface area contributed by atoms with Crippen LogP contribution in [-0.2, 0) is 11.2 Å². The van der Waals surface area contributed by atoms with Crippen LogP contribution < -0.4 is 10.1 Å². The van der Waals surface area contributed by atoms with Gasteiger partial charge in [-0.3, -0.25) is 9.59 Å². The van der Waals surface area contributed by atoms with Crippen LogP contribution >= 0.6 is 0 Å². The second kappa shape index (κ2) is 10.1. The Hall–Kier alpha value is -3.71. The van der Waals surface area contributed by atoms with E-state index in [2.05, 4.69) is 5.32 Å². The van der Waals surface area contributed by atoms with Crippen molar-refractivity contribution in [2.45, 2.75) is 64.6 Å². The molecule has 0 saturated heterocycles. The summed E-state index contributed by atoms with van der Waals surface area (Å²) in [5, 5.41) is 21.9. The summed E-state index contributed by atoms with van der Waals surface area (Å²) in [4.78, 5) is 23.9. The summed E-state index contributed by atoms with van der Waals surface area (Å²) in [5.41, 5.74) is 5.73. The Kier molecular flexibility index (Phi) is 6.97. The first-order chi connectivity index (χ1) is 18.4. The van der Waals surface area contributed by atoms with Gasteiger partial charge in [-0.25, -0.2) is 4.39 Å². The molecule has 1 fully saturated rings. The second-order valence-electron chi connectivity index (χ2n) is 11.5. The van der Waals surface area contributed by atoms with E-state index in [0.29, 0.717) is 36.1 Å². The molecule has 2 aliphatic carbocycles. The van der Waals surface area contributed by atoms with Gasteiger partial charge in [0.05, 0.1) is 11.5 Å². The number of hydrogen-bond donors (Lipinski definition) is 3. The van der Waals surface area contributed by atoms with E-state index in [0.717, 1.165) is 33.4 Å². The number of amides is 1. The van der Waals surface area contributed by atoms with Crippen LogP contribution in [0, 0.1) is 25.6 Å². The lowest BCUT2D eigenvalue weighted by atomic mass is 9.89. The number of carboxylic acids is 1. The molecule has 1 amide bonds. The maximum atomic E-state index is 15.2. The molecule has 6 nitrogen and oxygen atoms in total. The van der Waals surface area contributed by atoms with E-state index < -0.39 is 17.7 Å². The third-order valence-corrected chi connectivity index (χ3v) is 7.72. The summed E-state index contributed by atoms with van der Waals surface area (Å²) in [6, 6.07) is 14.4. The molecule has 0 heterocycles. The van der Waals surface area contributed by atoms with Gasteiger partial charge in [0.2, 0.25) is 0 Å². The lowest BCUT2D eigenvalue weighted by molar-refractivity contribution is -0.138. The van der Waals surface area contributed by atoms with Gasteiger partial charge in [-0.1, -0.05) is 18.2 Å². The fraction of sp³-hybridized carbons (Fsp3) is 0.375. The number of benzene rings is 3. The molecular formula is C32H34FNO5. The van der Waals surface area contributed by atoms with Gasteiger partial charge < -0.3 is 20.3 Å². The van der Waals surface area contributed by atoms with Gasteiger partial charge in [0, 0.05) is 17.7 Å². The predicted molar refractivity (Wildman–Crippen MR) is 147 cm³/mol. The number of aryl methyl sites for hydroxylation is 2. The Morgan fingerprint density at radius 1 is 1.08 bits per heavy atom. The van der Waals surface area contributed by atoms with Gasteiger partial charge in [0.1, 0.15) is 17.7 Å². The van der Waals surface area contributed by atoms with E-state index in [1.54, 1.807) is 13.8 Å². The number of carbonyl (C=O) groups excluding carboxylic acids is 1. The molecule has 39 heavy (non-hydrogen) atoms. The highest BCUT2D eigenvalue weighted by atomic mass is 19.1. The number of aliphatic hydroxyl groups is 1. The average Bonchev–Trinajstić information content (AvgIpc) is 3.57. The van der Waals surface area contributed by atoms with E-state index in [1.807, 2.05) is 56.3 Å². The monoisotopic (exact) mass is 531 g/mol. The Balaban J connectivity index is 1.38. The van der Waals surface area contributed by atoms with Crippen LogP contribution in [0.25, 0.3) is 11.1 Å². The quantitative estimate of drug-likeness (QED) is 0.338. The molecule has 0 aromatic heterocycles. The summed E-state index contributed by atoms with van der Waals surface area (Å²) < 4.78 is 21.4. The van der Waals surface area contributed by atoms with E-state index in [9.17, 15) is 19.8 Å². The predicted octanol–water partition coefficient (Wildman–Crippen LogP) is 5.86. The van der Waals surface area contributed by atoms with Crippen molar-refractivity contribution in [1.29, 1.82) is 0 Å². The number of fused-ring (bicyclic) bond motifs is 1. The zero-order chi connectivity index (χ0) is 28.1. The summed E-state index contributed by atoms with van der Waals surface area (Å²) >= 11 is 0. The summed E-state index contributed by atoms with van der Waals surface area (Å²) in [6.45, 7) is 7.32. The molecule has 0 bridgehead atoms. The summed E-state index contributed by atoms with van der Waals surface area (Å²) in [5.74, 6) is -0.943. The fourth-order valence-corrected chi connectivity index (χ4v) is 5.74. The minimum Gasteiger partial charge on any atom is -0.486 e. The largest absolute Gasteiger partial charge is 0.486 e. The highest BCUT2D eigenvalue weighted by Crippen LogP contribution is 2.48. The number of hydrogen-bond acceptors (Lipinski definition) is 4. The average molecular weight is 532 g/mol. The van der Waals surface area contributed by atoms with Crippen LogP contribution in [0.4, 0.5) is 4.39 Å². The van der Waals surface area contributed by atoms with Gasteiger partial charge in [-0.2, -0.15) is 0 Å². The van der Waals surface area contributed by atoms with Gasteiger partial charge >= 0.3 is 5.97 Å². The van der Waals surface area contributed by atoms with Crippen molar-refractivity contribution in [2.75, 3.05) is 6.54 Å². The Bertz CT molecular complexity index is 1420. The number of halogens is 1. The molecular weight excluding hydrogens is 497 g/mol. The molecule has 3 atom stereocenters. The van der Waals surface area contributed by atoms with Crippen LogP contribution in [0.1, 0.15) is 76.9 Å². The van der Waals surface area contributed by atoms with Crippen LogP contribution in [0.2, 0.25) is 0 Å². The Labute approximate surface area is 227 Å². The molecule has 1 unspecified atom stereocenters. The minimum atomic E-state index is -1.00. The first-order valence-corrected chi connectivity index (χ1v) is 13.4. The summed E-state index contributed by atoms with van der Waals surface area (Å²) in [7, 11) is 0. The number of nitrogens with one attached hydrogen (secondary N) is 1. The molecule has 1 saturated carbocycles. The third kappa shape index (κ3) is 5.55. The zero-order valence-corrected chi connectivity index (χ0v) is 22.7. The minimum absolute atomic E-state index is 0.0502. The molecule has 5 rings (SSSR count). The molecule has 3 N–H and O–H groups in total. The van der Waals surface area contributed by atoms with Crippen molar-refractivity contribution in [3.05, 3.63) is 87.7 Å². The van der Waals surface area contributed by atoms with Crippen molar-refractivity contribution in [3.8, 4) is 16.9 Å². The molecule has 3 aromatic rings. The maximum absolute atomic E-state index is 15.2. The van der Waals surface area contributed by atoms with Crippen molar-refractivity contribution in [3.63, 3.8) is 0 Å². The SMILES string of the molecule is Cc1cc(C(=O)NCC(C)(C)O)cc(C)c1-c1ccc(F)c2c1CCC2Oc1ccc([C@H]2C[C@@H]2C(=O)O)cc1. The van der Waals surface area contributed by atoms with Gasteiger partial charge in [0.25, 0.3) is 5.91 Å². The smallest absolute Gasteiger partial charge is 0.307 e. The van der Waals surface area contributed by atoms with Gasteiger partial charge in [-0.15, -0.1) is 0 Å². The van der Waals surface area contributed by atoms with Gasteiger partial charge in [0.15, 0.2) is 0 Å². The fourth-order valence-electron chi connectivity index (χ4n) is 5.74. The maximum Gasteiger partial charge on any atom is 0.307 e. The normalized spacial score (nSPS) is 19.9. The highest BCUT2D eigenvalue weighted by molar-refractivity contribution is 5.96. The lowest BCUT2D eigenvalue weighted by Crippen LogP contribution is -2.38. The van der Waals surface area contributed by atoms with Crippen LogP contribution in [0.3, 0.4) is 0 Å². The van der Waals surface area contributed by atoms with Crippen molar-refractivity contribution in [2.24, 2.45) is 5.92 Å². The van der Waals surface area contributed by atoms with Crippen molar-refractivity contribution in [1.82, 2.24) is 5.32 Å². The molecule has 2 aliphatic rings. The topological polar surface area (TPSA) is 95.9 Å². The second-order valence-corrected chi connectivity index (χ2v) is 11.5. The van der Waals surface area contributed by atoms with Gasteiger partial charge in [-0.05, 0) is 117 Å². The van der Waals surface area contributed by atoms with Crippen molar-refractivity contribution < 1.29 is 28.9 Å². The molecule has 7 heteroatoms. The zero-order valence-electron chi connectivity index (χ0n) is 22.7.